The van der Waals surface area contributed by atoms with Gasteiger partial charge in [0, 0.05) is 12.2 Å². The maximum Gasteiger partial charge on any atom is 0.412 e. The number of ether oxygens (including phenoxy) is 1. The Bertz CT molecular complexity index is 1050. The number of carbonyl (C=O) groups excluding carboxylic acids is 3. The Labute approximate surface area is 181 Å². The van der Waals surface area contributed by atoms with Gasteiger partial charge in [-0.2, -0.15) is 0 Å². The molecule has 11 heteroatoms. The highest BCUT2D eigenvalue weighted by Gasteiger charge is 2.34. The van der Waals surface area contributed by atoms with Crippen LogP contribution in [-0.2, 0) is 4.74 Å². The number of hydrogen-bond acceptors (Lipinski definition) is 4. The molecule has 0 unspecified atom stereocenters. The molecule has 1 heterocycles. The van der Waals surface area contributed by atoms with Crippen molar-refractivity contribution < 1.29 is 32.3 Å². The summed E-state index contributed by atoms with van der Waals surface area (Å²) in [5, 5.41) is 4.18. The Hall–Kier alpha value is -3.76. The molecule has 0 saturated carbocycles. The predicted molar refractivity (Wildman–Crippen MR) is 111 cm³/mol. The summed E-state index contributed by atoms with van der Waals surface area (Å²) in [5.41, 5.74) is -1.76. The molecule has 1 aliphatic rings. The monoisotopic (exact) mass is 450 g/mol. The van der Waals surface area contributed by atoms with Crippen molar-refractivity contribution in [1.29, 1.82) is 0 Å². The van der Waals surface area contributed by atoms with E-state index in [2.05, 4.69) is 5.32 Å². The summed E-state index contributed by atoms with van der Waals surface area (Å²) in [4.78, 5) is 39.1. The third-order valence-corrected chi connectivity index (χ3v) is 4.35. The number of rotatable bonds is 3. The van der Waals surface area contributed by atoms with E-state index in [4.69, 9.17) is 4.74 Å². The second-order valence-corrected chi connectivity index (χ2v) is 7.90. The van der Waals surface area contributed by atoms with Crippen molar-refractivity contribution in [3.63, 3.8) is 0 Å². The van der Waals surface area contributed by atoms with Crippen LogP contribution in [0.1, 0.15) is 20.8 Å². The van der Waals surface area contributed by atoms with Crippen LogP contribution in [0.25, 0.3) is 0 Å². The SMILES string of the molecule is CC(C)(C)OC(=O)Nc1c(F)ccc(NC(=O)N2CCN(c3ccc(F)cc3)C2=O)c1F. The Morgan fingerprint density at radius 1 is 0.969 bits per heavy atom. The lowest BCUT2D eigenvalue weighted by molar-refractivity contribution is 0.0634. The number of anilines is 3. The van der Waals surface area contributed by atoms with Gasteiger partial charge in [-0.25, -0.2) is 32.5 Å². The Morgan fingerprint density at radius 2 is 1.62 bits per heavy atom. The zero-order valence-electron chi connectivity index (χ0n) is 17.5. The van der Waals surface area contributed by atoms with Gasteiger partial charge in [-0.1, -0.05) is 0 Å². The van der Waals surface area contributed by atoms with Crippen LogP contribution in [0.5, 0.6) is 0 Å². The van der Waals surface area contributed by atoms with Crippen LogP contribution in [0.2, 0.25) is 0 Å². The van der Waals surface area contributed by atoms with E-state index in [0.29, 0.717) is 5.69 Å². The van der Waals surface area contributed by atoms with E-state index in [1.165, 1.54) is 29.2 Å². The predicted octanol–water partition coefficient (Wildman–Crippen LogP) is 4.93. The van der Waals surface area contributed by atoms with E-state index >= 15 is 0 Å². The van der Waals surface area contributed by atoms with Crippen LogP contribution in [0, 0.1) is 17.5 Å². The molecule has 5 amide bonds. The fraction of sp³-hybridized carbons (Fsp3) is 0.286. The molecule has 0 spiro atoms. The molecular formula is C21H21F3N4O4. The number of imide groups is 1. The van der Waals surface area contributed by atoms with Crippen LogP contribution in [0.15, 0.2) is 36.4 Å². The van der Waals surface area contributed by atoms with Crippen LogP contribution >= 0.6 is 0 Å². The highest BCUT2D eigenvalue weighted by atomic mass is 19.1. The number of benzene rings is 2. The molecule has 0 aliphatic carbocycles. The second-order valence-electron chi connectivity index (χ2n) is 7.90. The summed E-state index contributed by atoms with van der Waals surface area (Å²) in [7, 11) is 0. The quantitative estimate of drug-likeness (QED) is 0.694. The van der Waals surface area contributed by atoms with Gasteiger partial charge in [-0.05, 0) is 57.2 Å². The lowest BCUT2D eigenvalue weighted by Crippen LogP contribution is -2.39. The zero-order chi connectivity index (χ0) is 23.6. The first-order valence-electron chi connectivity index (χ1n) is 9.60. The third kappa shape index (κ3) is 5.10. The largest absolute Gasteiger partial charge is 0.444 e. The first-order valence-corrected chi connectivity index (χ1v) is 9.60. The van der Waals surface area contributed by atoms with Gasteiger partial charge in [0.2, 0.25) is 0 Å². The molecule has 1 saturated heterocycles. The van der Waals surface area contributed by atoms with E-state index in [1.54, 1.807) is 20.8 Å². The van der Waals surface area contributed by atoms with Crippen molar-refractivity contribution in [2.45, 2.75) is 26.4 Å². The van der Waals surface area contributed by atoms with Crippen LogP contribution in [0.4, 0.5) is 44.6 Å². The normalized spacial score (nSPS) is 13.9. The van der Waals surface area contributed by atoms with Gasteiger partial charge in [0.15, 0.2) is 5.82 Å². The van der Waals surface area contributed by atoms with Crippen molar-refractivity contribution in [3.05, 3.63) is 53.8 Å². The van der Waals surface area contributed by atoms with E-state index in [-0.39, 0.29) is 13.1 Å². The summed E-state index contributed by atoms with van der Waals surface area (Å²) in [5.74, 6) is -2.80. The second kappa shape index (κ2) is 8.77. The molecule has 32 heavy (non-hydrogen) atoms. The molecule has 0 radical (unpaired) electrons. The molecule has 0 bridgehead atoms. The topological polar surface area (TPSA) is 91.0 Å². The standard InChI is InChI=1S/C21H21F3N4O4/c1-21(2,3)32-19(30)26-17-14(23)8-9-15(16(17)24)25-18(29)28-11-10-27(20(28)31)13-6-4-12(22)5-7-13/h4-9H,10-11H2,1-3H3,(H,25,29)(H,26,30). The zero-order valence-corrected chi connectivity index (χ0v) is 17.5. The number of urea groups is 2. The van der Waals surface area contributed by atoms with E-state index in [0.717, 1.165) is 17.0 Å². The maximum absolute atomic E-state index is 14.8. The van der Waals surface area contributed by atoms with Gasteiger partial charge >= 0.3 is 18.2 Å². The molecule has 0 atom stereocenters. The minimum atomic E-state index is -1.24. The average Bonchev–Trinajstić information content (AvgIpc) is 3.08. The van der Waals surface area contributed by atoms with Gasteiger partial charge in [0.1, 0.15) is 22.9 Å². The van der Waals surface area contributed by atoms with Gasteiger partial charge < -0.3 is 10.1 Å². The maximum atomic E-state index is 14.8. The molecule has 2 N–H and O–H groups in total. The summed E-state index contributed by atoms with van der Waals surface area (Å²) < 4.78 is 46.9. The lowest BCUT2D eigenvalue weighted by Gasteiger charge is -2.21. The molecule has 3 rings (SSSR count). The average molecular weight is 450 g/mol. The van der Waals surface area contributed by atoms with Gasteiger partial charge in [-0.15, -0.1) is 0 Å². The molecule has 2 aromatic carbocycles. The summed E-state index contributed by atoms with van der Waals surface area (Å²) in [6, 6.07) is 5.31. The lowest BCUT2D eigenvalue weighted by atomic mass is 10.2. The number of carbonyl (C=O) groups is 3. The van der Waals surface area contributed by atoms with Crippen molar-refractivity contribution in [2.75, 3.05) is 28.6 Å². The van der Waals surface area contributed by atoms with Gasteiger partial charge in [-0.3, -0.25) is 10.2 Å². The molecule has 8 nitrogen and oxygen atoms in total. The van der Waals surface area contributed by atoms with E-state index < -0.39 is 52.6 Å². The third-order valence-electron chi connectivity index (χ3n) is 4.35. The van der Waals surface area contributed by atoms with Crippen molar-refractivity contribution in [1.82, 2.24) is 4.90 Å². The Balaban J connectivity index is 1.73. The Kier molecular flexibility index (Phi) is 6.28. The summed E-state index contributed by atoms with van der Waals surface area (Å²) >= 11 is 0. The minimum absolute atomic E-state index is 0.00608. The fourth-order valence-electron chi connectivity index (χ4n) is 2.94. The molecule has 2 aromatic rings. The van der Waals surface area contributed by atoms with Crippen molar-refractivity contribution >= 4 is 35.2 Å². The first-order chi connectivity index (χ1) is 15.0. The number of amides is 5. The number of halogens is 3. The number of hydrogen-bond donors (Lipinski definition) is 2. The highest BCUT2D eigenvalue weighted by Crippen LogP contribution is 2.28. The summed E-state index contributed by atoms with van der Waals surface area (Å²) in [6.45, 7) is 4.89. The molecular weight excluding hydrogens is 429 g/mol. The summed E-state index contributed by atoms with van der Waals surface area (Å²) in [6.07, 6.45) is -1.08. The van der Waals surface area contributed by atoms with Crippen molar-refractivity contribution in [2.24, 2.45) is 0 Å². The van der Waals surface area contributed by atoms with Crippen molar-refractivity contribution in [3.8, 4) is 0 Å². The van der Waals surface area contributed by atoms with Crippen LogP contribution < -0.4 is 15.5 Å². The molecule has 1 fully saturated rings. The molecule has 170 valence electrons. The number of nitrogens with one attached hydrogen (secondary N) is 2. The van der Waals surface area contributed by atoms with E-state index in [9.17, 15) is 27.6 Å². The molecule has 0 aromatic heterocycles. The van der Waals surface area contributed by atoms with Gasteiger partial charge in [0.25, 0.3) is 0 Å². The molecule has 1 aliphatic heterocycles. The van der Waals surface area contributed by atoms with Gasteiger partial charge in [0.05, 0.1) is 12.2 Å². The van der Waals surface area contributed by atoms with E-state index in [1.807, 2.05) is 5.32 Å². The van der Waals surface area contributed by atoms with Crippen LogP contribution in [0.3, 0.4) is 0 Å². The smallest absolute Gasteiger partial charge is 0.412 e. The first kappa shape index (κ1) is 22.9. The number of nitrogens with zero attached hydrogens (tertiary/aromatic N) is 2. The van der Waals surface area contributed by atoms with Crippen LogP contribution in [-0.4, -0.2) is 41.7 Å². The minimum Gasteiger partial charge on any atom is -0.444 e. The highest BCUT2D eigenvalue weighted by molar-refractivity contribution is 6.08. The Morgan fingerprint density at radius 3 is 2.25 bits per heavy atom. The fourth-order valence-corrected chi connectivity index (χ4v) is 2.94.